The third-order valence-electron chi connectivity index (χ3n) is 0.748. The molecule has 1 aromatic heterocycles. The molecule has 0 saturated heterocycles. The molecule has 0 fully saturated rings. The molecule has 0 saturated carbocycles. The molecule has 0 aliphatic heterocycles. The number of hydrogen-bond acceptors (Lipinski definition) is 1. The van der Waals surface area contributed by atoms with Crippen LogP contribution in [0.25, 0.3) is 0 Å². The largest absolute Gasteiger partial charge is 1.00 e. The number of nitrogens with zero attached hydrogens (tertiary/aromatic N) is 1. The van der Waals surface area contributed by atoms with Gasteiger partial charge in [-0.25, -0.2) is 0 Å². The number of pyridine rings is 1. The summed E-state index contributed by atoms with van der Waals surface area (Å²) in [4.78, 5) is 3.76. The monoisotopic (exact) mass is 99.1 g/mol. The van der Waals surface area contributed by atoms with E-state index in [4.69, 9.17) is 0 Å². The maximum atomic E-state index is 3.76. The van der Waals surface area contributed by atoms with Gasteiger partial charge < -0.3 is 4.98 Å². The minimum atomic E-state index is 0. The fraction of sp³-hybridized carbons (Fsp3) is 0.167. The summed E-state index contributed by atoms with van der Waals surface area (Å²) in [7, 11) is 0. The Hall–Kier alpha value is -0.253. The normalized spacial score (nSPS) is 7.62. The molecule has 0 aliphatic rings. The molecule has 0 unspecified atom stereocenters. The first-order chi connectivity index (χ1) is 3.39. The van der Waals surface area contributed by atoms with Gasteiger partial charge in [0, 0.05) is 0 Å². The Kier molecular flexibility index (Phi) is 3.60. The molecule has 8 heavy (non-hydrogen) atoms. The minimum Gasteiger partial charge on any atom is -0.394 e. The van der Waals surface area contributed by atoms with E-state index in [2.05, 4.69) is 11.2 Å². The zero-order valence-electron chi connectivity index (χ0n) is 5.18. The van der Waals surface area contributed by atoms with E-state index in [1.165, 1.54) is 0 Å². The Balaban J connectivity index is 0.000000490. The van der Waals surface area contributed by atoms with Gasteiger partial charge in [0.05, 0.1) is 0 Å². The molecule has 0 aromatic carbocycles. The summed E-state index contributed by atoms with van der Waals surface area (Å²) in [6.45, 7) is 1.97. The van der Waals surface area contributed by atoms with Gasteiger partial charge in [-0.2, -0.15) is 12.1 Å². The van der Waals surface area contributed by atoms with Gasteiger partial charge in [-0.05, 0) is 0 Å². The number of hydrogen-bond donors (Lipinski definition) is 0. The predicted octanol–water partition coefficient (Wildman–Crippen LogP) is -1.81. The first-order valence-corrected chi connectivity index (χ1v) is 2.19. The van der Waals surface area contributed by atoms with Crippen LogP contribution in [0.3, 0.4) is 0 Å². The van der Waals surface area contributed by atoms with Crippen LogP contribution in [-0.2, 0) is 0 Å². The summed E-state index contributed by atoms with van der Waals surface area (Å²) >= 11 is 0. The topological polar surface area (TPSA) is 12.9 Å². The van der Waals surface area contributed by atoms with Gasteiger partial charge in [0.2, 0.25) is 0 Å². The molecule has 36 valence electrons. The standard InChI is InChI=1S/C6H6N.Li/c1-6-3-2-4-7-5-6;/h2-4H,1H3;/q-1;+1. The zero-order chi connectivity index (χ0) is 5.11. The van der Waals surface area contributed by atoms with E-state index in [9.17, 15) is 0 Å². The van der Waals surface area contributed by atoms with Gasteiger partial charge in [-0.15, -0.1) is 5.56 Å². The number of aromatic nitrogens is 1. The van der Waals surface area contributed by atoms with Gasteiger partial charge in [0.1, 0.15) is 0 Å². The van der Waals surface area contributed by atoms with Crippen LogP contribution in [0.4, 0.5) is 0 Å². The van der Waals surface area contributed by atoms with Gasteiger partial charge in [-0.1, -0.05) is 19.3 Å². The summed E-state index contributed by atoms with van der Waals surface area (Å²) in [6, 6.07) is 3.86. The van der Waals surface area contributed by atoms with E-state index < -0.39 is 0 Å². The van der Waals surface area contributed by atoms with Gasteiger partial charge in [0.15, 0.2) is 0 Å². The van der Waals surface area contributed by atoms with Crippen molar-refractivity contribution in [2.24, 2.45) is 0 Å². The van der Waals surface area contributed by atoms with Gasteiger partial charge in [-0.3, -0.25) is 0 Å². The van der Waals surface area contributed by atoms with Crippen LogP contribution in [0.1, 0.15) is 5.56 Å². The minimum absolute atomic E-state index is 0. The number of aryl methyl sites for hydroxylation is 1. The Morgan fingerprint density at radius 1 is 1.62 bits per heavy atom. The molecule has 1 rings (SSSR count). The average molecular weight is 99.1 g/mol. The maximum Gasteiger partial charge on any atom is 1.00 e. The van der Waals surface area contributed by atoms with E-state index in [1.54, 1.807) is 6.20 Å². The Morgan fingerprint density at radius 3 is 2.62 bits per heavy atom. The second kappa shape index (κ2) is 3.71. The third kappa shape index (κ3) is 2.16. The quantitative estimate of drug-likeness (QED) is 0.276. The Bertz CT molecular complexity index is 138. The molecule has 0 aliphatic carbocycles. The average Bonchev–Trinajstić information content (AvgIpc) is 1.69. The molecule has 0 bridgehead atoms. The summed E-state index contributed by atoms with van der Waals surface area (Å²) in [5, 5.41) is 0. The van der Waals surface area contributed by atoms with Crippen LogP contribution >= 0.6 is 0 Å². The molecule has 0 N–H and O–H groups in total. The Morgan fingerprint density at radius 2 is 2.38 bits per heavy atom. The van der Waals surface area contributed by atoms with Crippen molar-refractivity contribution in [3.63, 3.8) is 0 Å². The van der Waals surface area contributed by atoms with Crippen molar-refractivity contribution >= 4 is 0 Å². The molecule has 0 radical (unpaired) electrons. The number of rotatable bonds is 0. The van der Waals surface area contributed by atoms with Crippen LogP contribution < -0.4 is 18.9 Å². The van der Waals surface area contributed by atoms with Crippen molar-refractivity contribution in [3.05, 3.63) is 30.1 Å². The molecule has 0 spiro atoms. The smallest absolute Gasteiger partial charge is 0.394 e. The second-order valence-electron chi connectivity index (χ2n) is 1.43. The van der Waals surface area contributed by atoms with Crippen LogP contribution in [0.15, 0.2) is 18.3 Å². The second-order valence-corrected chi connectivity index (χ2v) is 1.43. The van der Waals surface area contributed by atoms with E-state index in [0.29, 0.717) is 0 Å². The van der Waals surface area contributed by atoms with E-state index in [0.717, 1.165) is 5.56 Å². The summed E-state index contributed by atoms with van der Waals surface area (Å²) in [5.41, 5.74) is 1.09. The van der Waals surface area contributed by atoms with Crippen molar-refractivity contribution in [3.8, 4) is 0 Å². The molecular weight excluding hydrogens is 93.0 g/mol. The van der Waals surface area contributed by atoms with Crippen LogP contribution in [0.5, 0.6) is 0 Å². The van der Waals surface area contributed by atoms with Crippen LogP contribution in [0.2, 0.25) is 0 Å². The molecule has 2 heteroatoms. The molecule has 1 nitrogen and oxygen atoms in total. The zero-order valence-corrected chi connectivity index (χ0v) is 5.18. The van der Waals surface area contributed by atoms with E-state index >= 15 is 0 Å². The third-order valence-corrected chi connectivity index (χ3v) is 0.748. The van der Waals surface area contributed by atoms with Crippen molar-refractivity contribution in [2.75, 3.05) is 0 Å². The molecular formula is C6H6LiN. The summed E-state index contributed by atoms with van der Waals surface area (Å²) in [5.74, 6) is 0. The fourth-order valence-corrected chi connectivity index (χ4v) is 0.407. The van der Waals surface area contributed by atoms with Crippen molar-refractivity contribution in [2.45, 2.75) is 6.92 Å². The first-order valence-electron chi connectivity index (χ1n) is 2.19. The van der Waals surface area contributed by atoms with Crippen LogP contribution in [-0.4, -0.2) is 4.98 Å². The molecule has 1 heterocycles. The maximum absolute atomic E-state index is 3.76. The Labute approximate surface area is 61.3 Å². The van der Waals surface area contributed by atoms with Gasteiger partial charge in [0.25, 0.3) is 0 Å². The predicted molar refractivity (Wildman–Crippen MR) is 27.8 cm³/mol. The van der Waals surface area contributed by atoms with E-state index in [1.807, 2.05) is 19.1 Å². The van der Waals surface area contributed by atoms with Crippen molar-refractivity contribution in [1.82, 2.24) is 4.98 Å². The van der Waals surface area contributed by atoms with E-state index in [-0.39, 0.29) is 18.9 Å². The first kappa shape index (κ1) is 7.75. The van der Waals surface area contributed by atoms with Crippen LogP contribution in [0, 0.1) is 13.1 Å². The summed E-state index contributed by atoms with van der Waals surface area (Å²) in [6.07, 6.45) is 4.50. The van der Waals surface area contributed by atoms with Crippen molar-refractivity contribution < 1.29 is 18.9 Å². The van der Waals surface area contributed by atoms with Gasteiger partial charge >= 0.3 is 18.9 Å². The van der Waals surface area contributed by atoms with Crippen molar-refractivity contribution in [1.29, 1.82) is 0 Å². The SMILES string of the molecule is Cc1[c-]nccc1.[Li+]. The molecule has 0 amide bonds. The molecule has 0 atom stereocenters. The molecule has 1 aromatic rings. The fourth-order valence-electron chi connectivity index (χ4n) is 0.407. The summed E-state index contributed by atoms with van der Waals surface area (Å²) < 4.78 is 0.